The van der Waals surface area contributed by atoms with Crippen LogP contribution in [0.3, 0.4) is 0 Å². The highest BCUT2D eigenvalue weighted by Crippen LogP contribution is 2.51. The Kier molecular flexibility index (Phi) is 2.78. The first-order chi connectivity index (χ1) is 7.30. The van der Waals surface area contributed by atoms with Crippen LogP contribution in [0, 0.1) is 0 Å². The lowest BCUT2D eigenvalue weighted by Crippen LogP contribution is -2.52. The molecule has 0 saturated heterocycles. The normalized spacial score (nSPS) is 28.3. The molecule has 1 aliphatic carbocycles. The van der Waals surface area contributed by atoms with Crippen LogP contribution in [0.25, 0.3) is 0 Å². The van der Waals surface area contributed by atoms with Gasteiger partial charge in [-0.2, -0.15) is 0 Å². The molecule has 2 unspecified atom stereocenters. The Morgan fingerprint density at radius 3 is 2.67 bits per heavy atom. The first-order valence-electron chi connectivity index (χ1n) is 5.12. The summed E-state index contributed by atoms with van der Waals surface area (Å²) >= 11 is 0. The van der Waals surface area contributed by atoms with E-state index in [1.807, 2.05) is 19.2 Å². The quantitative estimate of drug-likeness (QED) is 0.810. The molecular weight excluding hydrogens is 190 g/mol. The molecule has 3 nitrogen and oxygen atoms in total. The predicted molar refractivity (Wildman–Crippen MR) is 58.8 cm³/mol. The topological polar surface area (TPSA) is 30.5 Å². The van der Waals surface area contributed by atoms with Crippen molar-refractivity contribution in [2.45, 2.75) is 11.7 Å². The fourth-order valence-corrected chi connectivity index (χ4v) is 2.48. The van der Waals surface area contributed by atoms with E-state index in [1.54, 1.807) is 14.2 Å². The lowest BCUT2D eigenvalue weighted by atomic mass is 9.70. The zero-order valence-corrected chi connectivity index (χ0v) is 9.41. The van der Waals surface area contributed by atoms with E-state index in [2.05, 4.69) is 17.4 Å². The summed E-state index contributed by atoms with van der Waals surface area (Å²) in [5, 5.41) is 3.16. The van der Waals surface area contributed by atoms with Gasteiger partial charge in [0.1, 0.15) is 11.7 Å². The van der Waals surface area contributed by atoms with Crippen LogP contribution in [0.2, 0.25) is 0 Å². The van der Waals surface area contributed by atoms with Gasteiger partial charge >= 0.3 is 0 Å². The van der Waals surface area contributed by atoms with Gasteiger partial charge in [-0.05, 0) is 18.2 Å². The van der Waals surface area contributed by atoms with E-state index in [4.69, 9.17) is 9.47 Å². The van der Waals surface area contributed by atoms with Crippen LogP contribution in [-0.2, 0) is 15.1 Å². The van der Waals surface area contributed by atoms with Gasteiger partial charge in [0.25, 0.3) is 0 Å². The number of methoxy groups -OCH3 is 2. The van der Waals surface area contributed by atoms with E-state index in [1.165, 1.54) is 11.1 Å². The Hall–Kier alpha value is -0.900. The Balaban J connectivity index is 2.41. The summed E-state index contributed by atoms with van der Waals surface area (Å²) < 4.78 is 11.2. The minimum Gasteiger partial charge on any atom is -0.373 e. The van der Waals surface area contributed by atoms with Gasteiger partial charge in [-0.3, -0.25) is 0 Å². The van der Waals surface area contributed by atoms with Crippen molar-refractivity contribution in [1.82, 2.24) is 5.32 Å². The van der Waals surface area contributed by atoms with Crippen molar-refractivity contribution in [3.63, 3.8) is 0 Å². The monoisotopic (exact) mass is 207 g/mol. The summed E-state index contributed by atoms with van der Waals surface area (Å²) in [5.41, 5.74) is 2.14. The van der Waals surface area contributed by atoms with Crippen LogP contribution in [0.5, 0.6) is 0 Å². The van der Waals surface area contributed by atoms with E-state index in [-0.39, 0.29) is 11.7 Å². The molecule has 0 spiro atoms. The maximum atomic E-state index is 5.66. The predicted octanol–water partition coefficient (Wildman–Crippen LogP) is 1.45. The first kappa shape index (κ1) is 10.6. The summed E-state index contributed by atoms with van der Waals surface area (Å²) in [6.07, 6.45) is 0.0335. The molecule has 0 saturated carbocycles. The zero-order valence-electron chi connectivity index (χ0n) is 9.41. The Morgan fingerprint density at radius 2 is 2.07 bits per heavy atom. The van der Waals surface area contributed by atoms with E-state index >= 15 is 0 Å². The molecular formula is C12H17NO2. The van der Waals surface area contributed by atoms with Crippen molar-refractivity contribution in [3.05, 3.63) is 35.4 Å². The third-order valence-corrected chi connectivity index (χ3v) is 3.16. The zero-order chi connectivity index (χ0) is 10.9. The number of fused-ring (bicyclic) bond motifs is 1. The first-order valence-corrected chi connectivity index (χ1v) is 5.12. The molecule has 82 valence electrons. The van der Waals surface area contributed by atoms with Crippen molar-refractivity contribution in [3.8, 4) is 0 Å². The lowest BCUT2D eigenvalue weighted by Gasteiger charge is -2.49. The summed E-state index contributed by atoms with van der Waals surface area (Å²) in [6.45, 7) is 0.763. The largest absolute Gasteiger partial charge is 0.373 e. The van der Waals surface area contributed by atoms with Gasteiger partial charge in [-0.1, -0.05) is 24.3 Å². The van der Waals surface area contributed by atoms with Gasteiger partial charge in [-0.15, -0.1) is 0 Å². The van der Waals surface area contributed by atoms with E-state index in [0.717, 1.165) is 6.54 Å². The summed E-state index contributed by atoms with van der Waals surface area (Å²) in [5.74, 6) is 0. The average molecular weight is 207 g/mol. The second-order valence-electron chi connectivity index (χ2n) is 3.83. The average Bonchev–Trinajstić information content (AvgIpc) is 2.27. The smallest absolute Gasteiger partial charge is 0.136 e. The van der Waals surface area contributed by atoms with Crippen LogP contribution in [0.1, 0.15) is 17.2 Å². The molecule has 3 heteroatoms. The minimum atomic E-state index is -0.319. The van der Waals surface area contributed by atoms with Crippen molar-refractivity contribution in [2.24, 2.45) is 0 Å². The number of nitrogens with one attached hydrogen (secondary N) is 1. The molecule has 1 aliphatic rings. The molecule has 0 aliphatic heterocycles. The molecule has 1 aromatic rings. The van der Waals surface area contributed by atoms with Gasteiger partial charge < -0.3 is 14.8 Å². The number of rotatable bonds is 4. The lowest BCUT2D eigenvalue weighted by molar-refractivity contribution is -0.150. The second-order valence-corrected chi connectivity index (χ2v) is 3.83. The third kappa shape index (κ3) is 1.31. The Morgan fingerprint density at radius 1 is 1.33 bits per heavy atom. The highest BCUT2D eigenvalue weighted by Gasteiger charge is 2.52. The maximum absolute atomic E-state index is 5.66. The maximum Gasteiger partial charge on any atom is 0.136 e. The van der Waals surface area contributed by atoms with E-state index in [9.17, 15) is 0 Å². The highest BCUT2D eigenvalue weighted by molar-refractivity contribution is 5.46. The van der Waals surface area contributed by atoms with Crippen LogP contribution in [0.15, 0.2) is 24.3 Å². The number of likely N-dealkylation sites (N-methyl/N-ethyl adjacent to an activating group) is 1. The molecule has 2 atom stereocenters. The third-order valence-electron chi connectivity index (χ3n) is 3.16. The van der Waals surface area contributed by atoms with Gasteiger partial charge in [-0.25, -0.2) is 0 Å². The molecule has 0 fully saturated rings. The number of benzene rings is 1. The van der Waals surface area contributed by atoms with Crippen LogP contribution in [-0.4, -0.2) is 27.8 Å². The molecule has 0 bridgehead atoms. The summed E-state index contributed by atoms with van der Waals surface area (Å²) in [6, 6.07) is 8.26. The number of hydrogen-bond donors (Lipinski definition) is 1. The molecule has 2 rings (SSSR count). The molecule has 0 aromatic heterocycles. The van der Waals surface area contributed by atoms with Crippen molar-refractivity contribution in [2.75, 3.05) is 27.8 Å². The fourth-order valence-electron chi connectivity index (χ4n) is 2.48. The molecule has 0 heterocycles. The molecule has 15 heavy (non-hydrogen) atoms. The van der Waals surface area contributed by atoms with E-state index < -0.39 is 0 Å². The van der Waals surface area contributed by atoms with Crippen molar-refractivity contribution < 1.29 is 9.47 Å². The van der Waals surface area contributed by atoms with Gasteiger partial charge in [0.2, 0.25) is 0 Å². The van der Waals surface area contributed by atoms with Crippen molar-refractivity contribution >= 4 is 0 Å². The fraction of sp³-hybridized carbons (Fsp3) is 0.500. The van der Waals surface area contributed by atoms with Crippen LogP contribution < -0.4 is 5.32 Å². The molecule has 1 aromatic carbocycles. The van der Waals surface area contributed by atoms with Gasteiger partial charge in [0.05, 0.1) is 0 Å². The molecule has 0 amide bonds. The molecule has 0 radical (unpaired) electrons. The Bertz CT molecular complexity index is 353. The van der Waals surface area contributed by atoms with Crippen LogP contribution >= 0.6 is 0 Å². The summed E-state index contributed by atoms with van der Waals surface area (Å²) in [4.78, 5) is 0. The second kappa shape index (κ2) is 3.93. The van der Waals surface area contributed by atoms with Crippen molar-refractivity contribution in [1.29, 1.82) is 0 Å². The van der Waals surface area contributed by atoms with Gasteiger partial charge in [0, 0.05) is 20.8 Å². The highest BCUT2D eigenvalue weighted by atomic mass is 16.5. The van der Waals surface area contributed by atoms with E-state index in [0.29, 0.717) is 0 Å². The standard InChI is InChI=1S/C12H17NO2/c1-13-8-12(15-3)10-7-5-4-6-9(10)11(12)14-2/h4-7,11,13H,8H2,1-3H3. The Labute approximate surface area is 90.4 Å². The molecule has 1 N–H and O–H groups in total. The summed E-state index contributed by atoms with van der Waals surface area (Å²) in [7, 11) is 5.39. The van der Waals surface area contributed by atoms with Gasteiger partial charge in [0.15, 0.2) is 0 Å². The minimum absolute atomic E-state index is 0.0335. The SMILES string of the molecule is CNCC1(OC)c2ccccc2C1OC. The van der Waals surface area contributed by atoms with Crippen LogP contribution in [0.4, 0.5) is 0 Å². The number of hydrogen-bond acceptors (Lipinski definition) is 3. The number of ether oxygens (including phenoxy) is 2.